The maximum absolute atomic E-state index is 2.47. The number of benzene rings is 9. The van der Waals surface area contributed by atoms with E-state index in [2.05, 4.69) is 240 Å². The highest BCUT2D eigenvalue weighted by Crippen LogP contribution is 2.45. The van der Waals surface area contributed by atoms with Gasteiger partial charge in [-0.05, 0) is 123 Å². The number of para-hydroxylation sites is 3. The largest absolute Gasteiger partial charge is 0.309 e. The Kier molecular flexibility index (Phi) is 8.28. The smallest absolute Gasteiger partial charge is 0.0541 e. The summed E-state index contributed by atoms with van der Waals surface area (Å²) in [6, 6.07) is 78.1. The molecule has 1 aliphatic carbocycles. The molecule has 0 radical (unpaired) electrons. The Balaban J connectivity index is 1.06. The fraction of sp³-hybridized carbons (Fsp3) is 0.0169. The van der Waals surface area contributed by atoms with Crippen LogP contribution < -0.4 is 0 Å². The van der Waals surface area contributed by atoms with E-state index in [1.807, 2.05) is 0 Å². The summed E-state index contributed by atoms with van der Waals surface area (Å²) in [5.74, 6) is 0. The second kappa shape index (κ2) is 14.4. The maximum atomic E-state index is 2.47. The van der Waals surface area contributed by atoms with Crippen LogP contribution in [-0.4, -0.2) is 9.13 Å². The predicted molar refractivity (Wildman–Crippen MR) is 259 cm³/mol. The Morgan fingerprint density at radius 1 is 0.311 bits per heavy atom. The van der Waals surface area contributed by atoms with Crippen molar-refractivity contribution in [2.45, 2.75) is 6.42 Å². The van der Waals surface area contributed by atoms with Gasteiger partial charge in [-0.3, -0.25) is 0 Å². The molecule has 12 rings (SSSR count). The first-order valence-corrected chi connectivity index (χ1v) is 21.1. The average Bonchev–Trinajstić information content (AvgIpc) is 4.08. The Bertz CT molecular complexity index is 3450. The molecule has 0 saturated heterocycles. The van der Waals surface area contributed by atoms with E-state index in [1.165, 1.54) is 105 Å². The molecule has 2 nitrogen and oxygen atoms in total. The maximum Gasteiger partial charge on any atom is 0.0541 e. The number of nitrogens with zero attached hydrogens (tertiary/aromatic N) is 2. The summed E-state index contributed by atoms with van der Waals surface area (Å²) < 4.78 is 4.85. The van der Waals surface area contributed by atoms with E-state index in [9.17, 15) is 0 Å². The van der Waals surface area contributed by atoms with Gasteiger partial charge < -0.3 is 9.13 Å². The summed E-state index contributed by atoms with van der Waals surface area (Å²) in [4.78, 5) is 0. The molecule has 0 unspecified atom stereocenters. The molecule has 0 aliphatic heterocycles. The number of aromatic nitrogens is 2. The quantitative estimate of drug-likeness (QED) is 0.153. The standard InChI is InChI=1S/C59H40N2/c1-4-18-42(19-5-1)51-38-48(39-52(43-20-6-2-7-21-43)59(51)44-30-28-41(29-31-44)40-16-10-11-17-40)61-56-27-15-13-25-50(56)54-37-46(33-35-58(54)61)45-32-34-57-53(36-45)49-24-12-14-26-55(49)60(57)47-22-8-3-9-23-47/h1-16,18-39H,17H2. The van der Waals surface area contributed by atoms with Gasteiger partial charge in [-0.1, -0.05) is 170 Å². The molecule has 2 heteroatoms. The molecule has 2 aromatic heterocycles. The van der Waals surface area contributed by atoms with Crippen molar-refractivity contribution in [3.8, 4) is 55.9 Å². The van der Waals surface area contributed by atoms with E-state index in [0.29, 0.717) is 0 Å². The molecule has 0 saturated carbocycles. The lowest BCUT2D eigenvalue weighted by molar-refractivity contribution is 1.18. The minimum Gasteiger partial charge on any atom is -0.309 e. The lowest BCUT2D eigenvalue weighted by Crippen LogP contribution is -1.99. The SMILES string of the molecule is C1=CCC(c2ccc(-c3c(-c4ccccc4)cc(-n4c5ccccc5c5cc(-c6ccc7c(c6)c6ccccc6n7-c6ccccc6)ccc54)cc3-c3ccccc3)cc2)=C1. The first-order chi connectivity index (χ1) is 30.3. The van der Waals surface area contributed by atoms with Crippen LogP contribution in [0.2, 0.25) is 0 Å². The van der Waals surface area contributed by atoms with Crippen molar-refractivity contribution >= 4 is 49.2 Å². The van der Waals surface area contributed by atoms with Gasteiger partial charge in [0.05, 0.1) is 22.1 Å². The van der Waals surface area contributed by atoms with Crippen LogP contribution in [-0.2, 0) is 0 Å². The summed E-state index contributed by atoms with van der Waals surface area (Å²) in [5, 5.41) is 4.98. The molecule has 286 valence electrons. The van der Waals surface area contributed by atoms with Gasteiger partial charge >= 0.3 is 0 Å². The highest BCUT2D eigenvalue weighted by Gasteiger charge is 2.21. The van der Waals surface area contributed by atoms with Crippen LogP contribution in [0.15, 0.2) is 231 Å². The van der Waals surface area contributed by atoms with Gasteiger partial charge in [0.15, 0.2) is 0 Å². The molecule has 0 bridgehead atoms. The van der Waals surface area contributed by atoms with Crippen LogP contribution in [0.1, 0.15) is 12.0 Å². The monoisotopic (exact) mass is 776 g/mol. The summed E-state index contributed by atoms with van der Waals surface area (Å²) >= 11 is 0. The molecule has 11 aromatic rings. The summed E-state index contributed by atoms with van der Waals surface area (Å²) in [7, 11) is 0. The third kappa shape index (κ3) is 5.87. The Hall–Kier alpha value is -7.94. The highest BCUT2D eigenvalue weighted by molar-refractivity contribution is 6.13. The predicted octanol–water partition coefficient (Wildman–Crippen LogP) is 15.9. The van der Waals surface area contributed by atoms with Crippen LogP contribution in [0.3, 0.4) is 0 Å². The number of allylic oxidation sites excluding steroid dienone is 4. The first kappa shape index (κ1) is 35.0. The van der Waals surface area contributed by atoms with Crippen molar-refractivity contribution in [2.24, 2.45) is 0 Å². The first-order valence-electron chi connectivity index (χ1n) is 21.1. The van der Waals surface area contributed by atoms with Gasteiger partial charge in [-0.2, -0.15) is 0 Å². The van der Waals surface area contributed by atoms with Gasteiger partial charge in [-0.15, -0.1) is 0 Å². The third-order valence-corrected chi connectivity index (χ3v) is 12.6. The van der Waals surface area contributed by atoms with Gasteiger partial charge in [0.1, 0.15) is 0 Å². The minimum atomic E-state index is 0.980. The molecule has 1 aliphatic rings. The van der Waals surface area contributed by atoms with Gasteiger partial charge in [0.2, 0.25) is 0 Å². The lowest BCUT2D eigenvalue weighted by atomic mass is 9.86. The molecular weight excluding hydrogens is 737 g/mol. The van der Waals surface area contributed by atoms with Crippen molar-refractivity contribution in [1.29, 1.82) is 0 Å². The second-order valence-corrected chi connectivity index (χ2v) is 16.1. The number of hydrogen-bond acceptors (Lipinski definition) is 0. The number of rotatable bonds is 7. The zero-order valence-electron chi connectivity index (χ0n) is 33.5. The molecule has 0 amide bonds. The van der Waals surface area contributed by atoms with Crippen LogP contribution in [0.5, 0.6) is 0 Å². The van der Waals surface area contributed by atoms with E-state index in [1.54, 1.807) is 0 Å². The van der Waals surface area contributed by atoms with Crippen LogP contribution in [0.25, 0.3) is 105 Å². The van der Waals surface area contributed by atoms with E-state index >= 15 is 0 Å². The Morgan fingerprint density at radius 3 is 1.28 bits per heavy atom. The molecule has 2 heterocycles. The fourth-order valence-corrected chi connectivity index (χ4v) is 9.71. The van der Waals surface area contributed by atoms with E-state index in [0.717, 1.165) is 12.1 Å². The molecule has 61 heavy (non-hydrogen) atoms. The zero-order chi connectivity index (χ0) is 40.3. The zero-order valence-corrected chi connectivity index (χ0v) is 33.5. The fourth-order valence-electron chi connectivity index (χ4n) is 9.71. The van der Waals surface area contributed by atoms with Gasteiger partial charge in [0.25, 0.3) is 0 Å². The van der Waals surface area contributed by atoms with Crippen molar-refractivity contribution in [3.05, 3.63) is 236 Å². The van der Waals surface area contributed by atoms with Gasteiger partial charge in [-0.25, -0.2) is 0 Å². The highest BCUT2D eigenvalue weighted by atomic mass is 15.0. The third-order valence-electron chi connectivity index (χ3n) is 12.6. The van der Waals surface area contributed by atoms with E-state index in [4.69, 9.17) is 0 Å². The van der Waals surface area contributed by atoms with Crippen LogP contribution in [0, 0.1) is 0 Å². The molecular formula is C59H40N2. The number of fused-ring (bicyclic) bond motifs is 6. The van der Waals surface area contributed by atoms with Crippen LogP contribution >= 0.6 is 0 Å². The van der Waals surface area contributed by atoms with Crippen molar-refractivity contribution < 1.29 is 0 Å². The molecule has 0 N–H and O–H groups in total. The van der Waals surface area contributed by atoms with E-state index < -0.39 is 0 Å². The normalized spacial score (nSPS) is 12.6. The van der Waals surface area contributed by atoms with Crippen molar-refractivity contribution in [3.63, 3.8) is 0 Å². The Morgan fingerprint density at radius 2 is 0.754 bits per heavy atom. The molecule has 0 fully saturated rings. The van der Waals surface area contributed by atoms with Crippen molar-refractivity contribution in [2.75, 3.05) is 0 Å². The van der Waals surface area contributed by atoms with Crippen molar-refractivity contribution in [1.82, 2.24) is 9.13 Å². The molecule has 0 atom stereocenters. The molecule has 9 aromatic carbocycles. The summed E-state index contributed by atoms with van der Waals surface area (Å²) in [5.41, 5.74) is 19.4. The summed E-state index contributed by atoms with van der Waals surface area (Å²) in [6.07, 6.45) is 7.59. The average molecular weight is 777 g/mol. The Labute approximate surface area is 355 Å². The van der Waals surface area contributed by atoms with Gasteiger partial charge in [0, 0.05) is 32.9 Å². The number of hydrogen-bond donors (Lipinski definition) is 0. The lowest BCUT2D eigenvalue weighted by Gasteiger charge is -2.20. The summed E-state index contributed by atoms with van der Waals surface area (Å²) in [6.45, 7) is 0. The minimum absolute atomic E-state index is 0.980. The molecule has 0 spiro atoms. The van der Waals surface area contributed by atoms with E-state index in [-0.39, 0.29) is 0 Å². The second-order valence-electron chi connectivity index (χ2n) is 16.1. The topological polar surface area (TPSA) is 9.86 Å². The van der Waals surface area contributed by atoms with Crippen LogP contribution in [0.4, 0.5) is 0 Å².